The van der Waals surface area contributed by atoms with Crippen LogP contribution in [-0.2, 0) is 17.7 Å². The predicted octanol–water partition coefficient (Wildman–Crippen LogP) is 6.05. The molecule has 0 aromatic carbocycles. The van der Waals surface area contributed by atoms with Crippen LogP contribution in [0.4, 0.5) is 0 Å². The first kappa shape index (κ1) is 22.7. The Kier molecular flexibility index (Phi) is 6.60. The van der Waals surface area contributed by atoms with E-state index in [-0.39, 0.29) is 0 Å². The van der Waals surface area contributed by atoms with Crippen LogP contribution >= 0.6 is 0 Å². The molecule has 0 aromatic heterocycles. The van der Waals surface area contributed by atoms with Crippen LogP contribution in [0.25, 0.3) is 0 Å². The van der Waals surface area contributed by atoms with Crippen LogP contribution in [0.5, 0.6) is 0 Å². The Morgan fingerprint density at radius 2 is 1.03 bits per heavy atom. The standard InChI is InChI=1S/C22H44O4Si3/c1-27(2,13-11-17-7-9-19-21(15-17)23-19)25-29(5,6)26-28(3,4)14-12-18-8-10-20-22(16-18)24-20/h17-22H,7-16H2,1-6H3. The average Bonchev–Trinajstić information content (AvgIpc) is 3.49. The van der Waals surface area contributed by atoms with Crippen LogP contribution in [0.2, 0.25) is 51.4 Å². The molecule has 4 rings (SSSR count). The van der Waals surface area contributed by atoms with Crippen molar-refractivity contribution in [2.24, 2.45) is 11.8 Å². The zero-order valence-corrected chi connectivity index (χ0v) is 22.7. The number of fused-ring (bicyclic) bond motifs is 2. The number of epoxide rings is 2. The summed E-state index contributed by atoms with van der Waals surface area (Å²) in [5, 5.41) is 0. The summed E-state index contributed by atoms with van der Waals surface area (Å²) in [7, 11) is -5.46. The lowest BCUT2D eigenvalue weighted by Gasteiger charge is -2.39. The lowest BCUT2D eigenvalue weighted by molar-refractivity contribution is 0.345. The maximum absolute atomic E-state index is 6.84. The highest BCUT2D eigenvalue weighted by Gasteiger charge is 2.46. The smallest absolute Gasteiger partial charge is 0.311 e. The van der Waals surface area contributed by atoms with Gasteiger partial charge in [0.25, 0.3) is 0 Å². The minimum absolute atomic E-state index is 0.599. The molecule has 0 bridgehead atoms. The van der Waals surface area contributed by atoms with Crippen molar-refractivity contribution in [2.75, 3.05) is 0 Å². The lowest BCUT2D eigenvalue weighted by Crippen LogP contribution is -2.52. The Balaban J connectivity index is 1.19. The average molecular weight is 457 g/mol. The second-order valence-corrected chi connectivity index (χ2v) is 24.5. The molecule has 2 aliphatic heterocycles. The normalized spacial score (nSPS) is 37.0. The van der Waals surface area contributed by atoms with Crippen LogP contribution in [0, 0.1) is 11.8 Å². The van der Waals surface area contributed by atoms with Gasteiger partial charge in [0, 0.05) is 0 Å². The zero-order chi connectivity index (χ0) is 20.9. The Morgan fingerprint density at radius 3 is 1.41 bits per heavy atom. The van der Waals surface area contributed by atoms with Crippen molar-refractivity contribution < 1.29 is 17.7 Å². The maximum Gasteiger partial charge on any atom is 0.311 e. The summed E-state index contributed by atoms with van der Waals surface area (Å²) in [5.41, 5.74) is 0. The molecule has 4 nitrogen and oxygen atoms in total. The predicted molar refractivity (Wildman–Crippen MR) is 125 cm³/mol. The van der Waals surface area contributed by atoms with E-state index in [0.29, 0.717) is 24.4 Å². The minimum Gasteiger partial charge on any atom is -0.437 e. The fourth-order valence-corrected chi connectivity index (χ4v) is 20.3. The first-order valence-electron chi connectivity index (χ1n) is 12.2. The summed E-state index contributed by atoms with van der Waals surface area (Å²) in [4.78, 5) is 0. The summed E-state index contributed by atoms with van der Waals surface area (Å²) in [6.07, 6.45) is 13.0. The first-order valence-corrected chi connectivity index (χ1v) is 21.3. The van der Waals surface area contributed by atoms with Crippen LogP contribution in [0.1, 0.15) is 51.4 Å². The van der Waals surface area contributed by atoms with E-state index in [9.17, 15) is 0 Å². The van der Waals surface area contributed by atoms with E-state index < -0.39 is 25.2 Å². The highest BCUT2D eigenvalue weighted by molar-refractivity contribution is 6.87. The number of hydrogen-bond acceptors (Lipinski definition) is 4. The molecule has 4 aliphatic rings. The van der Waals surface area contributed by atoms with Gasteiger partial charge < -0.3 is 17.7 Å². The summed E-state index contributed by atoms with van der Waals surface area (Å²) < 4.78 is 25.1. The SMILES string of the molecule is C[Si](C)(CCC1CCC2OC2C1)O[Si](C)(C)O[Si](C)(C)CCC1CCC2OC2C1. The van der Waals surface area contributed by atoms with Gasteiger partial charge in [-0.25, -0.2) is 0 Å². The molecule has 7 heteroatoms. The molecule has 2 saturated heterocycles. The molecule has 0 N–H and O–H groups in total. The van der Waals surface area contributed by atoms with Gasteiger partial charge in [0.2, 0.25) is 0 Å². The summed E-state index contributed by atoms with van der Waals surface area (Å²) in [5.74, 6) is 1.72. The molecule has 2 heterocycles. The van der Waals surface area contributed by atoms with Crippen LogP contribution in [0.15, 0.2) is 0 Å². The van der Waals surface area contributed by atoms with Crippen molar-refractivity contribution in [1.82, 2.24) is 0 Å². The van der Waals surface area contributed by atoms with E-state index in [1.54, 1.807) is 0 Å². The maximum atomic E-state index is 6.84. The summed E-state index contributed by atoms with van der Waals surface area (Å²) in [6.45, 7) is 14.2. The van der Waals surface area contributed by atoms with E-state index in [0.717, 1.165) is 11.8 Å². The van der Waals surface area contributed by atoms with Crippen molar-refractivity contribution in [3.8, 4) is 0 Å². The minimum atomic E-state index is -2.08. The molecule has 0 radical (unpaired) electrons. The molecule has 168 valence electrons. The van der Waals surface area contributed by atoms with E-state index >= 15 is 0 Å². The second kappa shape index (κ2) is 8.45. The molecule has 0 spiro atoms. The third-order valence-corrected chi connectivity index (χ3v) is 18.9. The monoisotopic (exact) mass is 456 g/mol. The van der Waals surface area contributed by atoms with Crippen LogP contribution in [0.3, 0.4) is 0 Å². The quantitative estimate of drug-likeness (QED) is 0.296. The molecule has 2 aliphatic carbocycles. The van der Waals surface area contributed by atoms with Crippen LogP contribution < -0.4 is 0 Å². The Morgan fingerprint density at radius 1 is 0.621 bits per heavy atom. The molecule has 0 amide bonds. The Labute approximate surface area is 181 Å². The largest absolute Gasteiger partial charge is 0.437 e. The van der Waals surface area contributed by atoms with Gasteiger partial charge >= 0.3 is 8.56 Å². The number of ether oxygens (including phenoxy) is 2. The van der Waals surface area contributed by atoms with E-state index in [1.165, 1.54) is 63.5 Å². The van der Waals surface area contributed by atoms with Crippen molar-refractivity contribution in [2.45, 2.75) is 127 Å². The fraction of sp³-hybridized carbons (Fsp3) is 1.00. The van der Waals surface area contributed by atoms with Gasteiger partial charge in [0.15, 0.2) is 16.6 Å². The van der Waals surface area contributed by atoms with E-state index in [4.69, 9.17) is 17.7 Å². The first-order chi connectivity index (χ1) is 13.5. The third kappa shape index (κ3) is 6.73. The molecule has 29 heavy (non-hydrogen) atoms. The molecular formula is C22H44O4Si3. The third-order valence-electron chi connectivity index (χ3n) is 7.58. The Bertz CT molecular complexity index is 534. The highest BCUT2D eigenvalue weighted by Crippen LogP contribution is 2.43. The van der Waals surface area contributed by atoms with Gasteiger partial charge in [-0.05, 0) is 102 Å². The number of rotatable bonds is 10. The van der Waals surface area contributed by atoms with E-state index in [1.807, 2.05) is 0 Å². The summed E-state index contributed by atoms with van der Waals surface area (Å²) >= 11 is 0. The van der Waals surface area contributed by atoms with Gasteiger partial charge in [-0.1, -0.05) is 12.8 Å². The summed E-state index contributed by atoms with van der Waals surface area (Å²) in [6, 6.07) is 2.53. The van der Waals surface area contributed by atoms with Gasteiger partial charge in [0.05, 0.1) is 24.4 Å². The highest BCUT2D eigenvalue weighted by atomic mass is 28.5. The van der Waals surface area contributed by atoms with Crippen molar-refractivity contribution in [1.29, 1.82) is 0 Å². The van der Waals surface area contributed by atoms with Crippen LogP contribution in [-0.4, -0.2) is 49.6 Å². The Hall–Kier alpha value is 0.491. The van der Waals surface area contributed by atoms with Crippen molar-refractivity contribution in [3.63, 3.8) is 0 Å². The lowest BCUT2D eigenvalue weighted by atomic mass is 9.88. The topological polar surface area (TPSA) is 43.5 Å². The van der Waals surface area contributed by atoms with Gasteiger partial charge in [0.1, 0.15) is 0 Å². The second-order valence-electron chi connectivity index (χ2n) is 12.0. The molecule has 4 fully saturated rings. The van der Waals surface area contributed by atoms with E-state index in [2.05, 4.69) is 39.3 Å². The molecule has 6 atom stereocenters. The number of hydrogen-bond donors (Lipinski definition) is 0. The molecule has 0 aromatic rings. The fourth-order valence-electron chi connectivity index (χ4n) is 6.06. The molecule has 2 saturated carbocycles. The van der Waals surface area contributed by atoms with Crippen molar-refractivity contribution in [3.05, 3.63) is 0 Å². The molecule has 6 unspecified atom stereocenters. The zero-order valence-electron chi connectivity index (χ0n) is 19.7. The van der Waals surface area contributed by atoms with Crippen molar-refractivity contribution >= 4 is 25.2 Å². The molecular weight excluding hydrogens is 412 g/mol. The van der Waals surface area contributed by atoms with Gasteiger partial charge in [-0.2, -0.15) is 0 Å². The van der Waals surface area contributed by atoms with Gasteiger partial charge in [-0.3, -0.25) is 0 Å². The van der Waals surface area contributed by atoms with Gasteiger partial charge in [-0.15, -0.1) is 0 Å².